The molecule has 1 aromatic carbocycles. The number of fused-ring (bicyclic) bond motifs is 1. The molecule has 4 heterocycles. The molecule has 1 atom stereocenters. The molecular weight excluding hydrogens is 439 g/mol. The number of anilines is 1. The van der Waals surface area contributed by atoms with E-state index in [1.54, 1.807) is 26.0 Å². The van der Waals surface area contributed by atoms with Crippen LogP contribution in [0, 0.1) is 19.7 Å². The third-order valence-corrected chi connectivity index (χ3v) is 6.86. The highest BCUT2D eigenvalue weighted by Crippen LogP contribution is 2.45. The Labute approximate surface area is 183 Å². The van der Waals surface area contributed by atoms with Crippen LogP contribution in [0.2, 0.25) is 0 Å². The molecule has 1 amide bonds. The number of aliphatic hydroxyl groups is 1. The maximum atomic E-state index is 13.7. The zero-order valence-corrected chi connectivity index (χ0v) is 18.0. The number of thiazole rings is 1. The molecule has 0 spiro atoms. The first-order chi connectivity index (χ1) is 14.8. The van der Waals surface area contributed by atoms with E-state index >= 15 is 0 Å². The number of aryl methyl sites for hydroxylation is 2. The van der Waals surface area contributed by atoms with Gasteiger partial charge in [0.15, 0.2) is 5.13 Å². The van der Waals surface area contributed by atoms with Crippen LogP contribution in [0.25, 0.3) is 16.0 Å². The smallest absolute Gasteiger partial charge is 0.301 e. The van der Waals surface area contributed by atoms with Gasteiger partial charge >= 0.3 is 5.91 Å². The van der Waals surface area contributed by atoms with Gasteiger partial charge in [0, 0.05) is 0 Å². The van der Waals surface area contributed by atoms with Gasteiger partial charge < -0.3 is 9.52 Å². The van der Waals surface area contributed by atoms with Gasteiger partial charge in [0.1, 0.15) is 23.1 Å². The SMILES string of the molecule is Cc1cc(/C(O)=C2\C(=O)C(=O)N(c3nc4ccc(F)cc4s3)C2c2ccsc2)c(C)o1. The second kappa shape index (κ2) is 7.14. The first-order valence-electron chi connectivity index (χ1n) is 9.31. The van der Waals surface area contributed by atoms with E-state index in [0.29, 0.717) is 32.9 Å². The fourth-order valence-electron chi connectivity index (χ4n) is 3.78. The van der Waals surface area contributed by atoms with Crippen molar-refractivity contribution < 1.29 is 23.5 Å². The predicted molar refractivity (Wildman–Crippen MR) is 117 cm³/mol. The molecule has 1 N–H and O–H groups in total. The molecule has 1 saturated heterocycles. The lowest BCUT2D eigenvalue weighted by molar-refractivity contribution is -0.132. The summed E-state index contributed by atoms with van der Waals surface area (Å²) in [6.07, 6.45) is 0. The molecule has 0 radical (unpaired) electrons. The van der Waals surface area contributed by atoms with Crippen LogP contribution in [-0.2, 0) is 9.59 Å². The topological polar surface area (TPSA) is 83.6 Å². The van der Waals surface area contributed by atoms with Crippen LogP contribution in [0.15, 0.2) is 51.1 Å². The molecule has 0 aliphatic carbocycles. The first-order valence-corrected chi connectivity index (χ1v) is 11.1. The molecule has 1 fully saturated rings. The first kappa shape index (κ1) is 19.7. The zero-order chi connectivity index (χ0) is 21.9. The van der Waals surface area contributed by atoms with Crippen molar-refractivity contribution in [2.24, 2.45) is 0 Å². The monoisotopic (exact) mass is 454 g/mol. The molecule has 5 rings (SSSR count). The number of hydrogen-bond donors (Lipinski definition) is 1. The van der Waals surface area contributed by atoms with Crippen molar-refractivity contribution in [1.29, 1.82) is 0 Å². The third-order valence-electron chi connectivity index (χ3n) is 5.14. The maximum Gasteiger partial charge on any atom is 0.301 e. The van der Waals surface area contributed by atoms with Gasteiger partial charge in [0.2, 0.25) is 0 Å². The molecule has 4 aromatic rings. The summed E-state index contributed by atoms with van der Waals surface area (Å²) in [6.45, 7) is 3.42. The van der Waals surface area contributed by atoms with Crippen molar-refractivity contribution >= 4 is 55.5 Å². The minimum absolute atomic E-state index is 0.0299. The Morgan fingerprint density at radius 2 is 2.03 bits per heavy atom. The van der Waals surface area contributed by atoms with Gasteiger partial charge in [-0.2, -0.15) is 11.3 Å². The highest BCUT2D eigenvalue weighted by molar-refractivity contribution is 7.22. The summed E-state index contributed by atoms with van der Waals surface area (Å²) in [7, 11) is 0. The Balaban J connectivity index is 1.73. The van der Waals surface area contributed by atoms with Crippen LogP contribution in [0.5, 0.6) is 0 Å². The van der Waals surface area contributed by atoms with Gasteiger partial charge in [-0.05, 0) is 60.5 Å². The van der Waals surface area contributed by atoms with E-state index < -0.39 is 23.5 Å². The zero-order valence-electron chi connectivity index (χ0n) is 16.4. The number of Topliss-reactive ketones (excluding diaryl/α,β-unsaturated/α-hetero) is 1. The van der Waals surface area contributed by atoms with Crippen LogP contribution >= 0.6 is 22.7 Å². The second-order valence-electron chi connectivity index (χ2n) is 7.16. The fraction of sp³-hybridized carbons (Fsp3) is 0.136. The Kier molecular flexibility index (Phi) is 4.53. The van der Waals surface area contributed by atoms with Crippen LogP contribution < -0.4 is 4.90 Å². The number of carbonyl (C=O) groups excluding carboxylic acids is 2. The third kappa shape index (κ3) is 3.08. The number of hydrogen-bond acceptors (Lipinski definition) is 7. The lowest BCUT2D eigenvalue weighted by Gasteiger charge is -2.21. The summed E-state index contributed by atoms with van der Waals surface area (Å²) >= 11 is 2.53. The minimum atomic E-state index is -0.855. The van der Waals surface area contributed by atoms with Crippen LogP contribution in [-0.4, -0.2) is 21.8 Å². The Morgan fingerprint density at radius 3 is 2.71 bits per heavy atom. The molecule has 6 nitrogen and oxygen atoms in total. The summed E-state index contributed by atoms with van der Waals surface area (Å²) in [4.78, 5) is 31.9. The molecule has 0 bridgehead atoms. The highest BCUT2D eigenvalue weighted by Gasteiger charge is 2.48. The summed E-state index contributed by atoms with van der Waals surface area (Å²) in [5.41, 5.74) is 1.53. The molecule has 31 heavy (non-hydrogen) atoms. The molecular formula is C22H15FN2O4S2. The van der Waals surface area contributed by atoms with E-state index in [1.165, 1.54) is 34.4 Å². The van der Waals surface area contributed by atoms with Gasteiger partial charge in [-0.1, -0.05) is 11.3 Å². The lowest BCUT2D eigenvalue weighted by atomic mass is 9.97. The van der Waals surface area contributed by atoms with Crippen molar-refractivity contribution in [1.82, 2.24) is 4.98 Å². The Morgan fingerprint density at radius 1 is 1.23 bits per heavy atom. The average molecular weight is 455 g/mol. The van der Waals surface area contributed by atoms with Crippen molar-refractivity contribution in [2.45, 2.75) is 19.9 Å². The molecule has 3 aromatic heterocycles. The van der Waals surface area contributed by atoms with E-state index in [9.17, 15) is 19.1 Å². The van der Waals surface area contributed by atoms with Gasteiger partial charge in [-0.25, -0.2) is 9.37 Å². The Bertz CT molecular complexity index is 1380. The largest absolute Gasteiger partial charge is 0.507 e. The summed E-state index contributed by atoms with van der Waals surface area (Å²) < 4.78 is 19.7. The lowest BCUT2D eigenvalue weighted by Crippen LogP contribution is -2.29. The molecule has 9 heteroatoms. The molecule has 1 aliphatic rings. The van der Waals surface area contributed by atoms with Crippen LogP contribution in [0.4, 0.5) is 9.52 Å². The average Bonchev–Trinajstić information content (AvgIpc) is 3.48. The number of aromatic nitrogens is 1. The second-order valence-corrected chi connectivity index (χ2v) is 8.95. The van der Waals surface area contributed by atoms with Gasteiger partial charge in [0.05, 0.1) is 27.4 Å². The number of rotatable bonds is 3. The van der Waals surface area contributed by atoms with E-state index in [-0.39, 0.29) is 16.5 Å². The number of furan rings is 1. The van der Waals surface area contributed by atoms with Crippen molar-refractivity contribution in [3.8, 4) is 0 Å². The number of ketones is 1. The summed E-state index contributed by atoms with van der Waals surface area (Å²) in [5.74, 6) is -1.29. The predicted octanol–water partition coefficient (Wildman–Crippen LogP) is 5.33. The van der Waals surface area contributed by atoms with Crippen molar-refractivity contribution in [2.75, 3.05) is 4.90 Å². The van der Waals surface area contributed by atoms with Crippen LogP contribution in [0.3, 0.4) is 0 Å². The number of carbonyl (C=O) groups is 2. The normalized spacial score (nSPS) is 18.4. The summed E-state index contributed by atoms with van der Waals surface area (Å²) in [5, 5.41) is 15.0. The van der Waals surface area contributed by atoms with Crippen LogP contribution in [0.1, 0.15) is 28.7 Å². The number of benzene rings is 1. The van der Waals surface area contributed by atoms with Gasteiger partial charge in [0.25, 0.3) is 5.78 Å². The standard InChI is InChI=1S/C22H15FN2O4S2/c1-10-7-14(11(2)29-10)19(26)17-18(12-5-6-30-9-12)25(21(28)20(17)27)22-24-15-4-3-13(23)8-16(15)31-22/h3-9,18,26H,1-2H3/b19-17+. The number of nitrogens with zero attached hydrogens (tertiary/aromatic N) is 2. The maximum absolute atomic E-state index is 13.7. The number of aliphatic hydroxyl groups excluding tert-OH is 1. The van der Waals surface area contributed by atoms with E-state index in [1.807, 2.05) is 10.8 Å². The van der Waals surface area contributed by atoms with E-state index in [0.717, 1.165) is 11.3 Å². The summed E-state index contributed by atoms with van der Waals surface area (Å²) in [6, 6.07) is 6.72. The molecule has 0 saturated carbocycles. The number of amides is 1. The van der Waals surface area contributed by atoms with E-state index in [4.69, 9.17) is 4.42 Å². The highest BCUT2D eigenvalue weighted by atomic mass is 32.1. The van der Waals surface area contributed by atoms with Crippen molar-refractivity contribution in [3.63, 3.8) is 0 Å². The number of thiophene rings is 1. The molecule has 1 unspecified atom stereocenters. The quantitative estimate of drug-likeness (QED) is 0.257. The number of halogens is 1. The minimum Gasteiger partial charge on any atom is -0.507 e. The Hall–Kier alpha value is -3.30. The molecule has 1 aliphatic heterocycles. The fourth-order valence-corrected chi connectivity index (χ4v) is 5.47. The molecule has 156 valence electrons. The van der Waals surface area contributed by atoms with E-state index in [2.05, 4.69) is 4.98 Å². The van der Waals surface area contributed by atoms with Gasteiger partial charge in [-0.15, -0.1) is 0 Å². The van der Waals surface area contributed by atoms with Gasteiger partial charge in [-0.3, -0.25) is 14.5 Å². The van der Waals surface area contributed by atoms with Crippen molar-refractivity contribution in [3.05, 3.63) is 75.1 Å².